The zero-order valence-corrected chi connectivity index (χ0v) is 4.47. The van der Waals surface area contributed by atoms with Gasteiger partial charge in [-0.05, 0) is 6.92 Å². The van der Waals surface area contributed by atoms with Crippen LogP contribution < -0.4 is 0 Å². The highest BCUT2D eigenvalue weighted by Gasteiger charge is 2.02. The van der Waals surface area contributed by atoms with E-state index in [4.69, 9.17) is 0 Å². The van der Waals surface area contributed by atoms with Gasteiger partial charge in [-0.2, -0.15) is 0 Å². The van der Waals surface area contributed by atoms with E-state index in [0.29, 0.717) is 5.56 Å². The summed E-state index contributed by atoms with van der Waals surface area (Å²) in [5.74, 6) is 0. The van der Waals surface area contributed by atoms with Crippen LogP contribution in [0.1, 0.15) is 18.7 Å². The molecule has 0 amide bonds. The monoisotopic (exact) mass is 115 g/mol. The van der Waals surface area contributed by atoms with Gasteiger partial charge in [0, 0.05) is 5.56 Å². The number of hydrogen-bond acceptors (Lipinski definition) is 2. The minimum Gasteiger partial charge on any atom is -0.364 e. The third-order valence-corrected chi connectivity index (χ3v) is 0.911. The molecule has 8 heavy (non-hydrogen) atoms. The summed E-state index contributed by atoms with van der Waals surface area (Å²) < 4.78 is 16.6. The van der Waals surface area contributed by atoms with Crippen LogP contribution in [0.5, 0.6) is 0 Å². The molecule has 0 aliphatic carbocycles. The lowest BCUT2D eigenvalue weighted by Crippen LogP contribution is -1.77. The van der Waals surface area contributed by atoms with Gasteiger partial charge >= 0.3 is 0 Å². The Labute approximate surface area is 46.3 Å². The molecular formula is C5H6FNO. The van der Waals surface area contributed by atoms with Crippen molar-refractivity contribution in [2.45, 2.75) is 13.1 Å². The van der Waals surface area contributed by atoms with E-state index >= 15 is 0 Å². The summed E-state index contributed by atoms with van der Waals surface area (Å²) in [6, 6.07) is 0. The summed E-state index contributed by atoms with van der Waals surface area (Å²) in [4.78, 5) is 0. The van der Waals surface area contributed by atoms with E-state index in [-0.39, 0.29) is 0 Å². The van der Waals surface area contributed by atoms with Gasteiger partial charge in [-0.25, -0.2) is 4.39 Å². The van der Waals surface area contributed by atoms with Crippen molar-refractivity contribution in [1.29, 1.82) is 0 Å². The van der Waals surface area contributed by atoms with Crippen LogP contribution in [0.3, 0.4) is 0 Å². The first-order valence-electron chi connectivity index (χ1n) is 2.34. The Bertz CT molecular complexity index is 147. The van der Waals surface area contributed by atoms with Crippen LogP contribution in [0.25, 0.3) is 0 Å². The van der Waals surface area contributed by atoms with Gasteiger partial charge in [-0.3, -0.25) is 0 Å². The predicted octanol–water partition coefficient (Wildman–Crippen LogP) is 1.71. The second kappa shape index (κ2) is 1.94. The highest BCUT2D eigenvalue weighted by atomic mass is 19.1. The van der Waals surface area contributed by atoms with Crippen LogP contribution in [0, 0.1) is 0 Å². The third kappa shape index (κ3) is 0.857. The Morgan fingerprint density at radius 3 is 2.88 bits per heavy atom. The summed E-state index contributed by atoms with van der Waals surface area (Å²) in [5, 5.41) is 3.33. The van der Waals surface area contributed by atoms with E-state index in [1.54, 1.807) is 0 Å². The number of halogens is 1. The maximum absolute atomic E-state index is 12.2. The molecule has 0 aliphatic rings. The highest BCUT2D eigenvalue weighted by molar-refractivity contribution is 5.02. The lowest BCUT2D eigenvalue weighted by Gasteiger charge is -1.88. The lowest BCUT2D eigenvalue weighted by atomic mass is 10.3. The number of hydrogen-bond donors (Lipinski definition) is 0. The fraction of sp³-hybridized carbons (Fsp3) is 0.400. The molecule has 44 valence electrons. The van der Waals surface area contributed by atoms with Gasteiger partial charge in [0.25, 0.3) is 0 Å². The molecule has 0 saturated heterocycles. The molecule has 0 fully saturated rings. The normalized spacial score (nSPS) is 13.8. The second-order valence-corrected chi connectivity index (χ2v) is 1.57. The average molecular weight is 115 g/mol. The van der Waals surface area contributed by atoms with E-state index in [1.807, 2.05) is 0 Å². The zero-order chi connectivity index (χ0) is 5.98. The predicted molar refractivity (Wildman–Crippen MR) is 26.0 cm³/mol. The maximum atomic E-state index is 12.2. The smallest absolute Gasteiger partial charge is 0.129 e. The van der Waals surface area contributed by atoms with E-state index in [9.17, 15) is 4.39 Å². The van der Waals surface area contributed by atoms with Crippen LogP contribution in [0.2, 0.25) is 0 Å². The number of alkyl halides is 1. The first-order chi connectivity index (χ1) is 3.80. The lowest BCUT2D eigenvalue weighted by molar-refractivity contribution is 0.367. The maximum Gasteiger partial charge on any atom is 0.129 e. The summed E-state index contributed by atoms with van der Waals surface area (Å²) >= 11 is 0. The molecule has 0 aromatic carbocycles. The molecule has 1 rings (SSSR count). The van der Waals surface area contributed by atoms with E-state index in [0.717, 1.165) is 0 Å². The molecule has 1 aromatic heterocycles. The molecule has 0 N–H and O–H groups in total. The molecule has 3 heteroatoms. The first-order valence-corrected chi connectivity index (χ1v) is 2.34. The van der Waals surface area contributed by atoms with Crippen molar-refractivity contribution in [3.05, 3.63) is 18.0 Å². The molecule has 1 aromatic rings. The first kappa shape index (κ1) is 5.28. The minimum atomic E-state index is -0.971. The van der Waals surface area contributed by atoms with Crippen molar-refractivity contribution in [3.63, 3.8) is 0 Å². The van der Waals surface area contributed by atoms with Crippen molar-refractivity contribution >= 4 is 0 Å². The van der Waals surface area contributed by atoms with E-state index < -0.39 is 6.17 Å². The molecule has 0 saturated carbocycles. The van der Waals surface area contributed by atoms with Crippen LogP contribution in [-0.2, 0) is 0 Å². The van der Waals surface area contributed by atoms with Gasteiger partial charge in [0.05, 0.1) is 6.20 Å². The third-order valence-electron chi connectivity index (χ3n) is 0.911. The molecule has 1 atom stereocenters. The van der Waals surface area contributed by atoms with E-state index in [1.165, 1.54) is 19.4 Å². The molecule has 0 spiro atoms. The topological polar surface area (TPSA) is 26.0 Å². The molecule has 1 unspecified atom stereocenters. The minimum absolute atomic E-state index is 0.491. The number of aromatic nitrogens is 1. The summed E-state index contributed by atoms with van der Waals surface area (Å²) in [7, 11) is 0. The fourth-order valence-corrected chi connectivity index (χ4v) is 0.409. The van der Waals surface area contributed by atoms with Crippen LogP contribution in [0.15, 0.2) is 17.0 Å². The van der Waals surface area contributed by atoms with Crippen LogP contribution in [-0.4, -0.2) is 5.16 Å². The molecule has 2 nitrogen and oxygen atoms in total. The van der Waals surface area contributed by atoms with Gasteiger partial charge in [0.15, 0.2) is 0 Å². The zero-order valence-electron chi connectivity index (χ0n) is 4.47. The highest BCUT2D eigenvalue weighted by Crippen LogP contribution is 2.13. The Morgan fingerprint density at radius 1 is 1.88 bits per heavy atom. The van der Waals surface area contributed by atoms with Crippen molar-refractivity contribution in [3.8, 4) is 0 Å². The molecule has 0 aliphatic heterocycles. The number of nitrogens with zero attached hydrogens (tertiary/aromatic N) is 1. The quantitative estimate of drug-likeness (QED) is 0.556. The largest absolute Gasteiger partial charge is 0.364 e. The SMILES string of the molecule is CC(F)c1cnoc1. The summed E-state index contributed by atoms with van der Waals surface area (Å²) in [6.07, 6.45) is 1.69. The molecule has 0 radical (unpaired) electrons. The average Bonchev–Trinajstić information content (AvgIpc) is 2.12. The van der Waals surface area contributed by atoms with Gasteiger partial charge in [-0.15, -0.1) is 0 Å². The Kier molecular flexibility index (Phi) is 1.28. The van der Waals surface area contributed by atoms with Gasteiger partial charge in [0.2, 0.25) is 0 Å². The molecular weight excluding hydrogens is 109 g/mol. The van der Waals surface area contributed by atoms with Gasteiger partial charge in [0.1, 0.15) is 12.4 Å². The Morgan fingerprint density at radius 2 is 2.62 bits per heavy atom. The van der Waals surface area contributed by atoms with Crippen molar-refractivity contribution in [1.82, 2.24) is 5.16 Å². The molecule has 0 bridgehead atoms. The van der Waals surface area contributed by atoms with Crippen molar-refractivity contribution < 1.29 is 8.91 Å². The van der Waals surface area contributed by atoms with Gasteiger partial charge < -0.3 is 4.52 Å². The Hall–Kier alpha value is -0.860. The Balaban J connectivity index is 2.77. The second-order valence-electron chi connectivity index (χ2n) is 1.57. The van der Waals surface area contributed by atoms with Gasteiger partial charge in [-0.1, -0.05) is 5.16 Å². The van der Waals surface area contributed by atoms with Crippen molar-refractivity contribution in [2.75, 3.05) is 0 Å². The standard InChI is InChI=1S/C5H6FNO/c1-4(6)5-2-7-8-3-5/h2-4H,1H3. The summed E-state index contributed by atoms with van der Waals surface area (Å²) in [5.41, 5.74) is 0.491. The fourth-order valence-electron chi connectivity index (χ4n) is 0.409. The van der Waals surface area contributed by atoms with Crippen LogP contribution >= 0.6 is 0 Å². The summed E-state index contributed by atoms with van der Waals surface area (Å²) in [6.45, 7) is 1.44. The number of rotatable bonds is 1. The van der Waals surface area contributed by atoms with Crippen molar-refractivity contribution in [2.24, 2.45) is 0 Å². The van der Waals surface area contributed by atoms with Crippen LogP contribution in [0.4, 0.5) is 4.39 Å². The van der Waals surface area contributed by atoms with E-state index in [2.05, 4.69) is 9.68 Å². The molecule has 1 heterocycles.